The van der Waals surface area contributed by atoms with Crippen molar-refractivity contribution in [3.63, 3.8) is 0 Å². The highest BCUT2D eigenvalue weighted by molar-refractivity contribution is 5.51. The molecule has 0 heterocycles. The molecule has 0 amide bonds. The van der Waals surface area contributed by atoms with Crippen molar-refractivity contribution in [3.05, 3.63) is 28.8 Å². The zero-order valence-corrected chi connectivity index (χ0v) is 8.75. The highest BCUT2D eigenvalue weighted by Crippen LogP contribution is 2.58. The molecule has 74 valence electrons. The Morgan fingerprint density at radius 1 is 1.36 bits per heavy atom. The molecule has 1 aromatic rings. The zero-order chi connectivity index (χ0) is 9.87. The van der Waals surface area contributed by atoms with Gasteiger partial charge >= 0.3 is 0 Å². The van der Waals surface area contributed by atoms with E-state index in [1.807, 2.05) is 12.1 Å². The van der Waals surface area contributed by atoms with Gasteiger partial charge in [-0.25, -0.2) is 0 Å². The van der Waals surface area contributed by atoms with Crippen molar-refractivity contribution in [3.8, 4) is 5.75 Å². The van der Waals surface area contributed by atoms with Crippen LogP contribution in [0.3, 0.4) is 0 Å². The van der Waals surface area contributed by atoms with Gasteiger partial charge in [0, 0.05) is 0 Å². The van der Waals surface area contributed by atoms with Crippen LogP contribution in [0.4, 0.5) is 0 Å². The predicted octanol–water partition coefficient (Wildman–Crippen LogP) is 3.18. The Bertz CT molecular complexity index is 392. The lowest BCUT2D eigenvalue weighted by atomic mass is 9.92. The summed E-state index contributed by atoms with van der Waals surface area (Å²) < 4.78 is 0. The molecule has 14 heavy (non-hydrogen) atoms. The highest BCUT2D eigenvalue weighted by Gasteiger charge is 2.46. The van der Waals surface area contributed by atoms with E-state index in [1.54, 1.807) is 5.56 Å². The molecule has 1 aromatic carbocycles. The summed E-state index contributed by atoms with van der Waals surface area (Å²) >= 11 is 0. The largest absolute Gasteiger partial charge is 0.508 e. The van der Waals surface area contributed by atoms with E-state index in [2.05, 4.69) is 13.8 Å². The fourth-order valence-electron chi connectivity index (χ4n) is 2.90. The molecule has 2 aliphatic carbocycles. The van der Waals surface area contributed by atoms with Crippen molar-refractivity contribution < 1.29 is 5.11 Å². The summed E-state index contributed by atoms with van der Waals surface area (Å²) in [6, 6.07) is 3.94. The highest BCUT2D eigenvalue weighted by atomic mass is 16.3. The van der Waals surface area contributed by atoms with Gasteiger partial charge in [-0.05, 0) is 59.4 Å². The maximum absolute atomic E-state index is 9.66. The summed E-state index contributed by atoms with van der Waals surface area (Å²) in [7, 11) is 0. The third-order valence-electron chi connectivity index (χ3n) is 3.71. The molecule has 0 spiro atoms. The van der Waals surface area contributed by atoms with Gasteiger partial charge in [-0.2, -0.15) is 0 Å². The van der Waals surface area contributed by atoms with Crippen molar-refractivity contribution in [2.24, 2.45) is 5.92 Å². The van der Waals surface area contributed by atoms with Crippen LogP contribution in [0.1, 0.15) is 48.8 Å². The lowest BCUT2D eigenvalue weighted by Crippen LogP contribution is -1.97. The second-order valence-electron chi connectivity index (χ2n) is 5.06. The molecule has 0 radical (unpaired) electrons. The smallest absolute Gasteiger partial charge is 0.116 e. The van der Waals surface area contributed by atoms with E-state index in [9.17, 15) is 5.11 Å². The fraction of sp³-hybridized carbons (Fsp3) is 0.538. The molecule has 1 nitrogen and oxygen atoms in total. The number of benzene rings is 1. The van der Waals surface area contributed by atoms with Crippen LogP contribution < -0.4 is 0 Å². The Morgan fingerprint density at radius 3 is 2.86 bits per heavy atom. The SMILES string of the molecule is CC(C)c1cc(O)cc2c1CC1CC21. The second-order valence-corrected chi connectivity index (χ2v) is 5.06. The third kappa shape index (κ3) is 1.01. The zero-order valence-electron chi connectivity index (χ0n) is 8.75. The van der Waals surface area contributed by atoms with Crippen molar-refractivity contribution in [1.29, 1.82) is 0 Å². The van der Waals surface area contributed by atoms with Crippen LogP contribution in [-0.4, -0.2) is 5.11 Å². The molecule has 3 rings (SSSR count). The Morgan fingerprint density at radius 2 is 2.14 bits per heavy atom. The number of aromatic hydroxyl groups is 1. The Hall–Kier alpha value is -0.980. The molecular weight excluding hydrogens is 172 g/mol. The molecule has 1 N–H and O–H groups in total. The predicted molar refractivity (Wildman–Crippen MR) is 56.7 cm³/mol. The van der Waals surface area contributed by atoms with Crippen LogP contribution in [0.15, 0.2) is 12.1 Å². The first-order valence-electron chi connectivity index (χ1n) is 5.52. The van der Waals surface area contributed by atoms with Crippen LogP contribution in [0.25, 0.3) is 0 Å². The van der Waals surface area contributed by atoms with Crippen molar-refractivity contribution in [1.82, 2.24) is 0 Å². The first kappa shape index (κ1) is 8.34. The first-order chi connectivity index (χ1) is 6.66. The van der Waals surface area contributed by atoms with E-state index in [-0.39, 0.29) is 0 Å². The van der Waals surface area contributed by atoms with Gasteiger partial charge in [0.25, 0.3) is 0 Å². The number of phenolic OH excluding ortho intramolecular Hbond substituents is 1. The van der Waals surface area contributed by atoms with Crippen LogP contribution in [0.2, 0.25) is 0 Å². The molecule has 0 bridgehead atoms. The third-order valence-corrected chi connectivity index (χ3v) is 3.71. The lowest BCUT2D eigenvalue weighted by Gasteiger charge is -2.14. The molecule has 0 aromatic heterocycles. The number of phenols is 1. The van der Waals surface area contributed by atoms with E-state index >= 15 is 0 Å². The monoisotopic (exact) mass is 188 g/mol. The molecule has 2 atom stereocenters. The minimum absolute atomic E-state index is 0.458. The average Bonchev–Trinajstić information content (AvgIpc) is 2.80. The van der Waals surface area contributed by atoms with Crippen LogP contribution in [0.5, 0.6) is 5.75 Å². The van der Waals surface area contributed by atoms with E-state index in [0.29, 0.717) is 11.7 Å². The van der Waals surface area contributed by atoms with Gasteiger partial charge in [0.05, 0.1) is 0 Å². The maximum Gasteiger partial charge on any atom is 0.116 e. The quantitative estimate of drug-likeness (QED) is 0.717. The van der Waals surface area contributed by atoms with Crippen molar-refractivity contribution in [2.45, 2.75) is 38.5 Å². The normalized spacial score (nSPS) is 27.6. The molecule has 0 aliphatic heterocycles. The van der Waals surface area contributed by atoms with E-state index in [0.717, 1.165) is 11.8 Å². The van der Waals surface area contributed by atoms with E-state index in [1.165, 1.54) is 24.0 Å². The summed E-state index contributed by atoms with van der Waals surface area (Å²) in [5, 5.41) is 9.66. The molecular formula is C13H16O. The summed E-state index contributed by atoms with van der Waals surface area (Å²) in [4.78, 5) is 0. The number of rotatable bonds is 1. The van der Waals surface area contributed by atoms with Crippen molar-refractivity contribution in [2.75, 3.05) is 0 Å². The molecule has 1 heteroatoms. The summed E-state index contributed by atoms with van der Waals surface area (Å²) in [6.45, 7) is 4.41. The Labute approximate surface area is 84.8 Å². The van der Waals surface area contributed by atoms with Crippen LogP contribution in [-0.2, 0) is 6.42 Å². The van der Waals surface area contributed by atoms with E-state index in [4.69, 9.17) is 0 Å². The summed E-state index contributed by atoms with van der Waals surface area (Å²) in [6.07, 6.45) is 2.61. The minimum Gasteiger partial charge on any atom is -0.508 e. The summed E-state index contributed by atoms with van der Waals surface area (Å²) in [5.74, 6) is 2.69. The number of hydrogen-bond acceptors (Lipinski definition) is 1. The number of hydrogen-bond donors (Lipinski definition) is 1. The Kier molecular flexibility index (Phi) is 1.51. The van der Waals surface area contributed by atoms with Crippen LogP contribution >= 0.6 is 0 Å². The minimum atomic E-state index is 0.458. The van der Waals surface area contributed by atoms with Gasteiger partial charge < -0.3 is 5.11 Å². The first-order valence-corrected chi connectivity index (χ1v) is 5.52. The second kappa shape index (κ2) is 2.53. The fourth-order valence-corrected chi connectivity index (χ4v) is 2.90. The maximum atomic E-state index is 9.66. The lowest BCUT2D eigenvalue weighted by molar-refractivity contribution is 0.473. The molecule has 2 aliphatic rings. The molecule has 0 saturated heterocycles. The standard InChI is InChI=1S/C13H16O/c1-7(2)10-5-9(14)6-13-11-3-8(11)4-12(10)13/h5-8,11,14H,3-4H2,1-2H3. The molecule has 1 fully saturated rings. The Balaban J connectivity index is 2.17. The molecule has 1 saturated carbocycles. The average molecular weight is 188 g/mol. The summed E-state index contributed by atoms with van der Waals surface area (Å²) in [5.41, 5.74) is 4.35. The van der Waals surface area contributed by atoms with Gasteiger partial charge in [-0.3, -0.25) is 0 Å². The topological polar surface area (TPSA) is 20.2 Å². The van der Waals surface area contributed by atoms with Gasteiger partial charge in [0.15, 0.2) is 0 Å². The molecule has 2 unspecified atom stereocenters. The van der Waals surface area contributed by atoms with Gasteiger partial charge in [0.1, 0.15) is 5.75 Å². The van der Waals surface area contributed by atoms with Crippen molar-refractivity contribution >= 4 is 0 Å². The van der Waals surface area contributed by atoms with Gasteiger partial charge in [-0.1, -0.05) is 13.8 Å². The van der Waals surface area contributed by atoms with Crippen LogP contribution in [0, 0.1) is 5.92 Å². The number of fused-ring (bicyclic) bond motifs is 3. The van der Waals surface area contributed by atoms with Gasteiger partial charge in [-0.15, -0.1) is 0 Å². The van der Waals surface area contributed by atoms with Gasteiger partial charge in [0.2, 0.25) is 0 Å². The van der Waals surface area contributed by atoms with E-state index < -0.39 is 0 Å².